The molecule has 2 saturated carbocycles. The minimum Gasteiger partial charge on any atom is -0.393 e. The van der Waals surface area contributed by atoms with Gasteiger partial charge in [-0.2, -0.15) is 0 Å². The van der Waals surface area contributed by atoms with Crippen molar-refractivity contribution in [3.8, 4) is 11.8 Å². The Kier molecular flexibility index (Phi) is 3.77. The minimum atomic E-state index is -0.179. The molecule has 4 rings (SSSR count). The van der Waals surface area contributed by atoms with E-state index in [2.05, 4.69) is 31.8 Å². The van der Waals surface area contributed by atoms with Crippen molar-refractivity contribution in [3.63, 3.8) is 0 Å². The average Bonchev–Trinajstić information content (AvgIpc) is 2.88. The summed E-state index contributed by atoms with van der Waals surface area (Å²) >= 11 is 0. The van der Waals surface area contributed by atoms with E-state index in [1.165, 1.54) is 11.1 Å². The Morgan fingerprint density at radius 2 is 2.12 bits per heavy atom. The Morgan fingerprint density at radius 1 is 1.29 bits per heavy atom. The fourth-order valence-corrected chi connectivity index (χ4v) is 5.98. The first-order valence-electron chi connectivity index (χ1n) is 9.64. The highest BCUT2D eigenvalue weighted by Gasteiger charge is 2.56. The molecule has 0 heterocycles. The van der Waals surface area contributed by atoms with Gasteiger partial charge in [-0.3, -0.25) is 4.79 Å². The number of ketones is 1. The van der Waals surface area contributed by atoms with Crippen LogP contribution >= 0.6 is 0 Å². The van der Waals surface area contributed by atoms with Gasteiger partial charge in [0.2, 0.25) is 0 Å². The summed E-state index contributed by atoms with van der Waals surface area (Å²) in [6.45, 7) is 4.38. The summed E-state index contributed by atoms with van der Waals surface area (Å²) in [7, 11) is 0. The monoisotopic (exact) mass is 324 g/mol. The number of carbonyl (C=O) groups excluding carboxylic acids is 1. The summed E-state index contributed by atoms with van der Waals surface area (Å²) in [5.41, 5.74) is 2.62. The van der Waals surface area contributed by atoms with Gasteiger partial charge in [0, 0.05) is 18.3 Å². The van der Waals surface area contributed by atoms with Gasteiger partial charge in [0.25, 0.3) is 0 Å². The number of rotatable bonds is 0. The van der Waals surface area contributed by atoms with E-state index in [0.29, 0.717) is 18.3 Å². The van der Waals surface area contributed by atoms with E-state index in [1.54, 1.807) is 0 Å². The first-order chi connectivity index (χ1) is 11.5. The SMILES string of the molecule is CCC#C[C@]12CCC(=O)C=C1CC[C@@H]1C2=CC[C@]2(C)[C@@H](O)CC[C@@H]12. The zero-order valence-corrected chi connectivity index (χ0v) is 14.9. The number of hydrogen-bond donors (Lipinski definition) is 1. The van der Waals surface area contributed by atoms with E-state index in [4.69, 9.17) is 0 Å². The predicted molar refractivity (Wildman–Crippen MR) is 95.1 cm³/mol. The van der Waals surface area contributed by atoms with Gasteiger partial charge in [0.05, 0.1) is 11.5 Å². The van der Waals surface area contributed by atoms with Crippen LogP contribution in [0.2, 0.25) is 0 Å². The number of allylic oxidation sites excluding steroid dienone is 4. The number of fused-ring (bicyclic) bond motifs is 5. The van der Waals surface area contributed by atoms with Crippen molar-refractivity contribution in [2.24, 2.45) is 22.7 Å². The summed E-state index contributed by atoms with van der Waals surface area (Å²) in [4.78, 5) is 12.0. The molecule has 0 unspecified atom stereocenters. The second kappa shape index (κ2) is 5.60. The Labute approximate surface area is 145 Å². The van der Waals surface area contributed by atoms with Crippen LogP contribution in [0.5, 0.6) is 0 Å². The van der Waals surface area contributed by atoms with Crippen molar-refractivity contribution >= 4 is 5.78 Å². The van der Waals surface area contributed by atoms with Gasteiger partial charge in [0.1, 0.15) is 0 Å². The second-order valence-electron chi connectivity index (χ2n) is 8.41. The Morgan fingerprint density at radius 3 is 2.92 bits per heavy atom. The molecule has 0 aromatic rings. The van der Waals surface area contributed by atoms with Crippen molar-refractivity contribution < 1.29 is 9.90 Å². The number of aliphatic hydroxyl groups is 1. The maximum absolute atomic E-state index is 12.0. The van der Waals surface area contributed by atoms with Crippen LogP contribution < -0.4 is 0 Å². The van der Waals surface area contributed by atoms with Gasteiger partial charge in [0.15, 0.2) is 5.78 Å². The van der Waals surface area contributed by atoms with Gasteiger partial charge in [-0.1, -0.05) is 25.8 Å². The van der Waals surface area contributed by atoms with Crippen LogP contribution in [0, 0.1) is 34.5 Å². The topological polar surface area (TPSA) is 37.3 Å². The Balaban J connectivity index is 1.82. The van der Waals surface area contributed by atoms with Gasteiger partial charge in [-0.15, -0.1) is 5.92 Å². The smallest absolute Gasteiger partial charge is 0.155 e. The lowest BCUT2D eigenvalue weighted by molar-refractivity contribution is -0.115. The van der Waals surface area contributed by atoms with Crippen molar-refractivity contribution in [1.29, 1.82) is 0 Å². The van der Waals surface area contributed by atoms with Crippen LogP contribution in [-0.4, -0.2) is 17.0 Å². The van der Waals surface area contributed by atoms with Gasteiger partial charge in [-0.25, -0.2) is 0 Å². The molecule has 0 amide bonds. The molecular formula is C22H28O2. The molecule has 2 fully saturated rings. The van der Waals surface area contributed by atoms with E-state index in [0.717, 1.165) is 44.9 Å². The summed E-state index contributed by atoms with van der Waals surface area (Å²) in [5, 5.41) is 10.5. The maximum atomic E-state index is 12.0. The molecule has 0 aromatic heterocycles. The molecule has 24 heavy (non-hydrogen) atoms. The molecule has 1 N–H and O–H groups in total. The maximum Gasteiger partial charge on any atom is 0.155 e. The highest BCUT2D eigenvalue weighted by Crippen LogP contribution is 2.62. The number of hydrogen-bond acceptors (Lipinski definition) is 2. The molecule has 0 aromatic carbocycles. The molecule has 4 aliphatic carbocycles. The van der Waals surface area contributed by atoms with E-state index in [9.17, 15) is 9.90 Å². The van der Waals surface area contributed by atoms with Crippen LogP contribution in [0.4, 0.5) is 0 Å². The molecule has 0 aliphatic heterocycles. The highest BCUT2D eigenvalue weighted by molar-refractivity contribution is 5.92. The Hall–Kier alpha value is -1.33. The van der Waals surface area contributed by atoms with Crippen LogP contribution in [0.3, 0.4) is 0 Å². The normalized spacial score (nSPS) is 43.6. The predicted octanol–water partition coefficient (Wildman–Crippen LogP) is 4.19. The highest BCUT2D eigenvalue weighted by atomic mass is 16.3. The molecule has 128 valence electrons. The first kappa shape index (κ1) is 16.2. The fourth-order valence-electron chi connectivity index (χ4n) is 5.98. The van der Waals surface area contributed by atoms with Crippen molar-refractivity contribution in [1.82, 2.24) is 0 Å². The van der Waals surface area contributed by atoms with E-state index >= 15 is 0 Å². The lowest BCUT2D eigenvalue weighted by atomic mass is 9.51. The third-order valence-corrected chi connectivity index (χ3v) is 7.33. The first-order valence-corrected chi connectivity index (χ1v) is 9.64. The molecule has 0 saturated heterocycles. The minimum absolute atomic E-state index is 0.0409. The molecule has 0 spiro atoms. The lowest BCUT2D eigenvalue weighted by Crippen LogP contribution is -2.46. The third kappa shape index (κ3) is 2.10. The molecule has 4 aliphatic rings. The van der Waals surface area contributed by atoms with E-state index in [-0.39, 0.29) is 22.7 Å². The molecule has 0 bridgehead atoms. The molecule has 2 heteroatoms. The summed E-state index contributed by atoms with van der Waals surface area (Å²) < 4.78 is 0. The third-order valence-electron chi connectivity index (χ3n) is 7.33. The van der Waals surface area contributed by atoms with Gasteiger partial charge >= 0.3 is 0 Å². The largest absolute Gasteiger partial charge is 0.393 e. The average molecular weight is 324 g/mol. The van der Waals surface area contributed by atoms with Crippen molar-refractivity contribution in [3.05, 3.63) is 23.3 Å². The summed E-state index contributed by atoms with van der Waals surface area (Å²) in [6.07, 6.45) is 11.6. The molecular weight excluding hydrogens is 296 g/mol. The molecule has 0 radical (unpaired) electrons. The van der Waals surface area contributed by atoms with Crippen LogP contribution in [0.15, 0.2) is 23.3 Å². The van der Waals surface area contributed by atoms with E-state index in [1.807, 2.05) is 6.08 Å². The van der Waals surface area contributed by atoms with Crippen LogP contribution in [-0.2, 0) is 4.79 Å². The Bertz CT molecular complexity index is 688. The second-order valence-corrected chi connectivity index (χ2v) is 8.41. The van der Waals surface area contributed by atoms with Crippen LogP contribution in [0.25, 0.3) is 0 Å². The lowest BCUT2D eigenvalue weighted by Gasteiger charge is -2.52. The standard InChI is InChI=1S/C22H28O2/c1-3-4-11-22-13-9-16(23)14-15(22)5-6-17-18-7-8-20(24)21(18,2)12-10-19(17)22/h10,14,17-18,20,24H,3,5-9,12-13H2,1-2H3/t17-,18-,20-,21-,22-/m0/s1. The zero-order valence-electron chi connectivity index (χ0n) is 14.9. The van der Waals surface area contributed by atoms with Crippen LogP contribution in [0.1, 0.15) is 65.2 Å². The summed E-state index contributed by atoms with van der Waals surface area (Å²) in [6, 6.07) is 0. The molecule has 2 nitrogen and oxygen atoms in total. The van der Waals surface area contributed by atoms with Gasteiger partial charge < -0.3 is 5.11 Å². The summed E-state index contributed by atoms with van der Waals surface area (Å²) in [5.74, 6) is 8.34. The van der Waals surface area contributed by atoms with E-state index < -0.39 is 0 Å². The van der Waals surface area contributed by atoms with Crippen molar-refractivity contribution in [2.75, 3.05) is 0 Å². The van der Waals surface area contributed by atoms with Gasteiger partial charge in [-0.05, 0) is 67.6 Å². The zero-order chi connectivity index (χ0) is 16.9. The quantitative estimate of drug-likeness (QED) is 0.536. The number of aliphatic hydroxyl groups excluding tert-OH is 1. The fraction of sp³-hybridized carbons (Fsp3) is 0.682. The van der Waals surface area contributed by atoms with Crippen molar-refractivity contribution in [2.45, 2.75) is 71.3 Å². The molecule has 5 atom stereocenters. The number of carbonyl (C=O) groups is 1.